The summed E-state index contributed by atoms with van der Waals surface area (Å²) in [4.78, 5) is 0. The molecule has 13 rings (SSSR count). The fourth-order valence-corrected chi connectivity index (χ4v) is 10.2. The van der Waals surface area contributed by atoms with Gasteiger partial charge in [0.2, 0.25) is 0 Å². The monoisotopic (exact) mass is 880 g/mol. The Morgan fingerprint density at radius 1 is 0.188 bits per heavy atom. The van der Waals surface area contributed by atoms with Crippen molar-refractivity contribution in [2.45, 2.75) is 5.92 Å². The van der Waals surface area contributed by atoms with Crippen LogP contribution in [-0.2, 0) is 0 Å². The predicted octanol–water partition coefficient (Wildman–Crippen LogP) is 18.7. The van der Waals surface area contributed by atoms with E-state index in [0.29, 0.717) is 0 Å². The Morgan fingerprint density at radius 2 is 0.464 bits per heavy atom. The van der Waals surface area contributed by atoms with Gasteiger partial charge in [-0.2, -0.15) is 0 Å². The number of hydrogen-bond acceptors (Lipinski definition) is 2. The minimum Gasteiger partial charge on any atom is -0.456 e. The molecule has 0 amide bonds. The van der Waals surface area contributed by atoms with Crippen LogP contribution in [0.1, 0.15) is 22.6 Å². The zero-order chi connectivity index (χ0) is 45.7. The Bertz CT molecular complexity index is 3770. The zero-order valence-corrected chi connectivity index (χ0v) is 37.7. The van der Waals surface area contributed by atoms with Crippen LogP contribution < -0.4 is 0 Å². The summed E-state index contributed by atoms with van der Waals surface area (Å²) >= 11 is 0. The van der Waals surface area contributed by atoms with Gasteiger partial charge in [0.15, 0.2) is 0 Å². The molecule has 0 unspecified atom stereocenters. The highest BCUT2D eigenvalue weighted by atomic mass is 16.3. The lowest BCUT2D eigenvalue weighted by Crippen LogP contribution is -2.03. The number of hydrogen-bond donors (Lipinski definition) is 0. The molecule has 0 fully saturated rings. The van der Waals surface area contributed by atoms with Gasteiger partial charge in [0.05, 0.1) is 0 Å². The van der Waals surface area contributed by atoms with Crippen LogP contribution in [0.2, 0.25) is 0 Å². The van der Waals surface area contributed by atoms with Gasteiger partial charge in [-0.25, -0.2) is 0 Å². The average Bonchev–Trinajstić information content (AvgIpc) is 4.00. The van der Waals surface area contributed by atoms with Crippen molar-refractivity contribution in [1.29, 1.82) is 0 Å². The minimum atomic E-state index is 0.0216. The third-order valence-electron chi connectivity index (χ3n) is 13.9. The van der Waals surface area contributed by atoms with Crippen LogP contribution in [0.25, 0.3) is 111 Å². The lowest BCUT2D eigenvalue weighted by atomic mass is 9.83. The molecule has 0 saturated heterocycles. The van der Waals surface area contributed by atoms with E-state index in [1.165, 1.54) is 83.5 Å². The van der Waals surface area contributed by atoms with Gasteiger partial charge >= 0.3 is 0 Å². The van der Waals surface area contributed by atoms with Gasteiger partial charge in [-0.15, -0.1) is 0 Å². The molecule has 0 saturated carbocycles. The summed E-state index contributed by atoms with van der Waals surface area (Å²) in [5.41, 5.74) is 21.6. The van der Waals surface area contributed by atoms with Crippen LogP contribution in [0, 0.1) is 0 Å². The van der Waals surface area contributed by atoms with Crippen molar-refractivity contribution in [2.75, 3.05) is 0 Å². The summed E-state index contributed by atoms with van der Waals surface area (Å²) in [7, 11) is 0. The van der Waals surface area contributed by atoms with Crippen LogP contribution in [0.15, 0.2) is 270 Å². The van der Waals surface area contributed by atoms with Gasteiger partial charge in [-0.05, 0) is 132 Å². The fourth-order valence-electron chi connectivity index (χ4n) is 10.2. The van der Waals surface area contributed by atoms with Crippen molar-refractivity contribution in [1.82, 2.24) is 0 Å². The summed E-state index contributed by atoms with van der Waals surface area (Å²) in [6, 6.07) is 94.2. The van der Waals surface area contributed by atoms with Crippen LogP contribution in [0.4, 0.5) is 0 Å². The first-order chi connectivity index (χ1) is 34.1. The van der Waals surface area contributed by atoms with Gasteiger partial charge < -0.3 is 8.83 Å². The third-order valence-corrected chi connectivity index (χ3v) is 13.9. The molecule has 0 radical (unpaired) electrons. The second-order valence-electron chi connectivity index (χ2n) is 18.0. The first kappa shape index (κ1) is 40.3. The summed E-state index contributed by atoms with van der Waals surface area (Å²) in [5, 5.41) is 4.55. The SMILES string of the molecule is c1ccc(-c2ccc(-c3ccc(C(c4ccc(-c5cccc(-c6ccc7oc8ccccc8c7c6)c5)cc4)c4ccc(-c5cccc(-c6ccc7oc8ccccc8c7c6)c5)cc4)cc3)cc2)cc1. The van der Waals surface area contributed by atoms with E-state index in [4.69, 9.17) is 8.83 Å². The topological polar surface area (TPSA) is 26.3 Å². The number of para-hydroxylation sites is 2. The standard InChI is InChI=1S/C67H44O2/c1-2-10-44(11-3-1)45-20-22-46(23-21-45)47-24-30-50(31-25-47)67(51-32-26-48(27-33-51)53-12-8-14-55(40-53)57-36-38-65-61(42-57)59-16-4-6-18-63(59)68-65)52-34-28-49(29-35-52)54-13-9-15-56(41-54)58-37-39-66-62(43-58)60-17-5-7-19-64(60)69-66/h1-43,67H. The van der Waals surface area contributed by atoms with Crippen molar-refractivity contribution in [2.24, 2.45) is 0 Å². The highest BCUT2D eigenvalue weighted by Crippen LogP contribution is 2.39. The van der Waals surface area contributed by atoms with E-state index in [2.05, 4.69) is 237 Å². The van der Waals surface area contributed by atoms with Gasteiger partial charge in [0, 0.05) is 27.5 Å². The number of benzene rings is 11. The van der Waals surface area contributed by atoms with E-state index >= 15 is 0 Å². The molecule has 0 atom stereocenters. The number of fused-ring (bicyclic) bond motifs is 6. The van der Waals surface area contributed by atoms with Crippen molar-refractivity contribution in [3.63, 3.8) is 0 Å². The maximum absolute atomic E-state index is 6.14. The molecule has 2 aromatic heterocycles. The Balaban J connectivity index is 0.827. The van der Waals surface area contributed by atoms with E-state index in [-0.39, 0.29) is 5.92 Å². The molecule has 324 valence electrons. The van der Waals surface area contributed by atoms with Gasteiger partial charge in [0.25, 0.3) is 0 Å². The van der Waals surface area contributed by atoms with E-state index in [1.54, 1.807) is 0 Å². The first-order valence-corrected chi connectivity index (χ1v) is 23.7. The molecule has 0 aliphatic heterocycles. The minimum absolute atomic E-state index is 0.0216. The van der Waals surface area contributed by atoms with Crippen LogP contribution in [0.5, 0.6) is 0 Å². The Morgan fingerprint density at radius 3 is 0.884 bits per heavy atom. The van der Waals surface area contributed by atoms with E-state index in [9.17, 15) is 0 Å². The van der Waals surface area contributed by atoms with Gasteiger partial charge in [-0.3, -0.25) is 0 Å². The molecule has 0 N–H and O–H groups in total. The molecule has 0 bridgehead atoms. The highest BCUT2D eigenvalue weighted by molar-refractivity contribution is 6.07. The summed E-state index contributed by atoms with van der Waals surface area (Å²) in [6.07, 6.45) is 0. The molecule has 2 heteroatoms. The summed E-state index contributed by atoms with van der Waals surface area (Å²) in [5.74, 6) is 0.0216. The lowest BCUT2D eigenvalue weighted by Gasteiger charge is -2.20. The second kappa shape index (κ2) is 17.0. The van der Waals surface area contributed by atoms with Crippen molar-refractivity contribution >= 4 is 43.9 Å². The molecule has 69 heavy (non-hydrogen) atoms. The zero-order valence-electron chi connectivity index (χ0n) is 37.7. The van der Waals surface area contributed by atoms with E-state index < -0.39 is 0 Å². The maximum Gasteiger partial charge on any atom is 0.135 e. The van der Waals surface area contributed by atoms with Crippen LogP contribution in [0.3, 0.4) is 0 Å². The molecule has 0 spiro atoms. The Kier molecular flexibility index (Phi) is 9.95. The van der Waals surface area contributed by atoms with Crippen LogP contribution >= 0.6 is 0 Å². The Labute approximate surface area is 401 Å². The first-order valence-electron chi connectivity index (χ1n) is 23.7. The molecule has 2 nitrogen and oxygen atoms in total. The quantitative estimate of drug-likeness (QED) is 0.135. The molecule has 11 aromatic carbocycles. The van der Waals surface area contributed by atoms with Gasteiger partial charge in [0.1, 0.15) is 22.3 Å². The van der Waals surface area contributed by atoms with Gasteiger partial charge in [-0.1, -0.05) is 212 Å². The van der Waals surface area contributed by atoms with Crippen molar-refractivity contribution < 1.29 is 8.83 Å². The molecule has 2 heterocycles. The number of rotatable bonds is 9. The third kappa shape index (κ3) is 7.59. The smallest absolute Gasteiger partial charge is 0.135 e. The molecule has 13 aromatic rings. The molecule has 0 aliphatic carbocycles. The van der Waals surface area contributed by atoms with Crippen LogP contribution in [-0.4, -0.2) is 0 Å². The largest absolute Gasteiger partial charge is 0.456 e. The normalized spacial score (nSPS) is 11.6. The predicted molar refractivity (Wildman–Crippen MR) is 287 cm³/mol. The second-order valence-corrected chi connectivity index (χ2v) is 18.0. The van der Waals surface area contributed by atoms with Crippen molar-refractivity contribution in [3.8, 4) is 66.8 Å². The Hall–Kier alpha value is -8.98. The lowest BCUT2D eigenvalue weighted by molar-refractivity contribution is 0.668. The maximum atomic E-state index is 6.14. The van der Waals surface area contributed by atoms with Crippen molar-refractivity contribution in [3.05, 3.63) is 278 Å². The number of furan rings is 2. The average molecular weight is 881 g/mol. The van der Waals surface area contributed by atoms with E-state index in [0.717, 1.165) is 43.9 Å². The fraction of sp³-hybridized carbons (Fsp3) is 0.0149. The summed E-state index contributed by atoms with van der Waals surface area (Å²) < 4.78 is 12.3. The van der Waals surface area contributed by atoms with E-state index in [1.807, 2.05) is 24.3 Å². The molecular weight excluding hydrogens is 837 g/mol. The molecule has 0 aliphatic rings. The molecular formula is C67H44O2. The highest BCUT2D eigenvalue weighted by Gasteiger charge is 2.19. The summed E-state index contributed by atoms with van der Waals surface area (Å²) in [6.45, 7) is 0.